The molecule has 2 aliphatic rings. The third kappa shape index (κ3) is 10.0. The lowest BCUT2D eigenvalue weighted by Gasteiger charge is -2.39. The fourth-order valence-corrected chi connectivity index (χ4v) is 4.78. The third-order valence-corrected chi connectivity index (χ3v) is 6.68. The zero-order chi connectivity index (χ0) is 20.7. The van der Waals surface area contributed by atoms with Crippen LogP contribution >= 0.6 is 0 Å². The fourth-order valence-electron chi connectivity index (χ4n) is 4.78. The minimum absolute atomic E-state index is 0.311. The van der Waals surface area contributed by atoms with Gasteiger partial charge in [-0.1, -0.05) is 89.7 Å². The van der Waals surface area contributed by atoms with Crippen LogP contribution in [0.3, 0.4) is 0 Å². The van der Waals surface area contributed by atoms with Crippen LogP contribution in [0.25, 0.3) is 0 Å². The highest BCUT2D eigenvalue weighted by molar-refractivity contribution is 5.55. The molecule has 2 heteroatoms. The van der Waals surface area contributed by atoms with E-state index >= 15 is 0 Å². The van der Waals surface area contributed by atoms with Crippen LogP contribution in [0, 0.1) is 11.3 Å². The Morgan fingerprint density at radius 2 is 1.50 bits per heavy atom. The van der Waals surface area contributed by atoms with Crippen LogP contribution in [0.1, 0.15) is 130 Å². The molecule has 1 unspecified atom stereocenters. The van der Waals surface area contributed by atoms with Crippen molar-refractivity contribution < 1.29 is 9.59 Å². The normalized spacial score (nSPS) is 20.8. The molecule has 0 saturated heterocycles. The van der Waals surface area contributed by atoms with Gasteiger partial charge in [0.15, 0.2) is 0 Å². The molecule has 0 aromatic carbocycles. The van der Waals surface area contributed by atoms with Gasteiger partial charge in [-0.2, -0.15) is 0 Å². The lowest BCUT2D eigenvalue weighted by Crippen LogP contribution is -2.26. The quantitative estimate of drug-likeness (QED) is 0.192. The number of hydrogen-bond acceptors (Lipinski definition) is 2. The molecule has 2 nitrogen and oxygen atoms in total. The lowest BCUT2D eigenvalue weighted by atomic mass is 9.66. The minimum atomic E-state index is 0.311. The predicted molar refractivity (Wildman–Crippen MR) is 121 cm³/mol. The first-order valence-electron chi connectivity index (χ1n) is 12.2. The van der Waals surface area contributed by atoms with E-state index in [1.807, 2.05) is 0 Å². The van der Waals surface area contributed by atoms with Gasteiger partial charge >= 0.3 is 0 Å². The maximum atomic E-state index is 10.8. The summed E-state index contributed by atoms with van der Waals surface area (Å²) in [6, 6.07) is 0. The Balaban J connectivity index is 0.000000280. The summed E-state index contributed by atoms with van der Waals surface area (Å²) in [6.07, 6.45) is 23.6. The Bertz CT molecular complexity index is 461. The number of hydrogen-bond donors (Lipinski definition) is 0. The Labute approximate surface area is 174 Å². The maximum absolute atomic E-state index is 10.8. The molecule has 0 bridgehead atoms. The summed E-state index contributed by atoms with van der Waals surface area (Å²) in [6.45, 7) is 6.94. The summed E-state index contributed by atoms with van der Waals surface area (Å²) >= 11 is 0. The summed E-state index contributed by atoms with van der Waals surface area (Å²) in [5.74, 6) is 0.311. The van der Waals surface area contributed by atoms with Crippen LogP contribution in [-0.4, -0.2) is 12.6 Å². The topological polar surface area (TPSA) is 34.1 Å². The molecule has 0 fully saturated rings. The molecule has 0 spiro atoms. The Hall–Kier alpha value is -0.920. The summed E-state index contributed by atoms with van der Waals surface area (Å²) < 4.78 is 0. The second-order valence-electron chi connectivity index (χ2n) is 9.60. The number of carbonyl (C=O) groups excluding carboxylic acids is 2. The van der Waals surface area contributed by atoms with Crippen molar-refractivity contribution in [2.24, 2.45) is 11.3 Å². The average Bonchev–Trinajstić information content (AvgIpc) is 2.70. The molecule has 0 radical (unpaired) electrons. The molecule has 162 valence electrons. The van der Waals surface area contributed by atoms with E-state index in [0.29, 0.717) is 11.3 Å². The van der Waals surface area contributed by atoms with Crippen LogP contribution < -0.4 is 0 Å². The number of unbranched alkanes of at least 4 members (excludes halogenated alkanes) is 10. The van der Waals surface area contributed by atoms with Gasteiger partial charge < -0.3 is 9.59 Å². The van der Waals surface area contributed by atoms with E-state index in [2.05, 4.69) is 20.8 Å². The van der Waals surface area contributed by atoms with E-state index in [9.17, 15) is 9.59 Å². The van der Waals surface area contributed by atoms with E-state index in [0.717, 1.165) is 38.3 Å². The monoisotopic (exact) mass is 390 g/mol. The molecule has 0 N–H and O–H groups in total. The largest absolute Gasteiger partial charge is 0.303 e. The standard InChI is InChI=1S/C13H20O.C13H26O/c1-13(2)7-3-4-11-6-5-10(9-14)8-12(11)13;1-2-3-4-5-6-7-8-9-10-11-12-13-14/h9-10H,3-8H2,1-2H3;13H,2-12H2,1H3. The van der Waals surface area contributed by atoms with Gasteiger partial charge in [0, 0.05) is 12.3 Å². The van der Waals surface area contributed by atoms with Gasteiger partial charge in [0.2, 0.25) is 0 Å². The molecule has 0 amide bonds. The molecule has 0 heterocycles. The van der Waals surface area contributed by atoms with Crippen LogP contribution in [0.5, 0.6) is 0 Å². The summed E-state index contributed by atoms with van der Waals surface area (Å²) in [7, 11) is 0. The van der Waals surface area contributed by atoms with Crippen molar-refractivity contribution in [1.82, 2.24) is 0 Å². The molecule has 0 aromatic rings. The first-order chi connectivity index (χ1) is 13.5. The van der Waals surface area contributed by atoms with Gasteiger partial charge in [0.1, 0.15) is 12.6 Å². The smallest absolute Gasteiger partial charge is 0.123 e. The van der Waals surface area contributed by atoms with Gasteiger partial charge in [-0.15, -0.1) is 0 Å². The first-order valence-corrected chi connectivity index (χ1v) is 12.2. The summed E-state index contributed by atoms with van der Waals surface area (Å²) in [5.41, 5.74) is 3.67. The van der Waals surface area contributed by atoms with Crippen LogP contribution in [0.15, 0.2) is 11.1 Å². The second kappa shape index (κ2) is 15.0. The molecular formula is C26H46O2. The van der Waals surface area contributed by atoms with Gasteiger partial charge in [0.05, 0.1) is 0 Å². The molecule has 0 saturated carbocycles. The van der Waals surface area contributed by atoms with Crippen molar-refractivity contribution in [2.45, 2.75) is 130 Å². The highest BCUT2D eigenvalue weighted by atomic mass is 16.1. The Morgan fingerprint density at radius 3 is 2.07 bits per heavy atom. The Kier molecular flexibility index (Phi) is 13.4. The third-order valence-electron chi connectivity index (χ3n) is 6.68. The van der Waals surface area contributed by atoms with Crippen molar-refractivity contribution >= 4 is 12.6 Å². The molecular weight excluding hydrogens is 344 g/mol. The minimum Gasteiger partial charge on any atom is -0.303 e. The highest BCUT2D eigenvalue weighted by Gasteiger charge is 2.33. The van der Waals surface area contributed by atoms with Gasteiger partial charge in [-0.3, -0.25) is 0 Å². The SMILES string of the molecule is CC1(C)CCCC2=C1CC(C=O)CC2.CCCCCCCCCCCCC=O. The van der Waals surface area contributed by atoms with E-state index < -0.39 is 0 Å². The van der Waals surface area contributed by atoms with Crippen molar-refractivity contribution in [3.05, 3.63) is 11.1 Å². The van der Waals surface area contributed by atoms with E-state index in [4.69, 9.17) is 0 Å². The summed E-state index contributed by atoms with van der Waals surface area (Å²) in [4.78, 5) is 20.9. The molecule has 0 aromatic heterocycles. The van der Waals surface area contributed by atoms with E-state index in [1.54, 1.807) is 11.1 Å². The van der Waals surface area contributed by atoms with Crippen LogP contribution in [0.4, 0.5) is 0 Å². The molecule has 1 atom stereocenters. The van der Waals surface area contributed by atoms with E-state index in [-0.39, 0.29) is 0 Å². The second-order valence-corrected chi connectivity index (χ2v) is 9.60. The molecule has 0 aliphatic heterocycles. The zero-order valence-electron chi connectivity index (χ0n) is 19.1. The molecule has 28 heavy (non-hydrogen) atoms. The highest BCUT2D eigenvalue weighted by Crippen LogP contribution is 2.47. The summed E-state index contributed by atoms with van der Waals surface area (Å²) in [5, 5.41) is 0. The van der Waals surface area contributed by atoms with Gasteiger partial charge in [-0.25, -0.2) is 0 Å². The van der Waals surface area contributed by atoms with Crippen molar-refractivity contribution in [2.75, 3.05) is 0 Å². The maximum Gasteiger partial charge on any atom is 0.123 e. The van der Waals surface area contributed by atoms with Gasteiger partial charge in [-0.05, 0) is 50.4 Å². The van der Waals surface area contributed by atoms with Crippen LogP contribution in [-0.2, 0) is 9.59 Å². The predicted octanol–water partition coefficient (Wildman–Crippen LogP) is 7.99. The first kappa shape index (κ1) is 25.1. The van der Waals surface area contributed by atoms with Crippen molar-refractivity contribution in [3.63, 3.8) is 0 Å². The number of rotatable bonds is 12. The molecule has 2 aliphatic carbocycles. The fraction of sp³-hybridized carbons (Fsp3) is 0.846. The molecule has 2 rings (SSSR count). The average molecular weight is 391 g/mol. The van der Waals surface area contributed by atoms with Crippen molar-refractivity contribution in [1.29, 1.82) is 0 Å². The lowest BCUT2D eigenvalue weighted by molar-refractivity contribution is -0.111. The Morgan fingerprint density at radius 1 is 0.893 bits per heavy atom. The van der Waals surface area contributed by atoms with Crippen molar-refractivity contribution in [3.8, 4) is 0 Å². The number of carbonyl (C=O) groups is 2. The number of allylic oxidation sites excluding steroid dienone is 2. The van der Waals surface area contributed by atoms with Gasteiger partial charge in [0.25, 0.3) is 0 Å². The number of aldehydes is 2. The van der Waals surface area contributed by atoms with E-state index in [1.165, 1.54) is 83.5 Å². The zero-order valence-corrected chi connectivity index (χ0v) is 19.1. The van der Waals surface area contributed by atoms with Crippen LogP contribution in [0.2, 0.25) is 0 Å².